The van der Waals surface area contributed by atoms with Crippen LogP contribution in [0.25, 0.3) is 5.65 Å². The molecule has 12 nitrogen and oxygen atoms in total. The van der Waals surface area contributed by atoms with Gasteiger partial charge in [-0.2, -0.15) is 0 Å². The molecule has 0 saturated carbocycles. The fourth-order valence-corrected chi connectivity index (χ4v) is 6.40. The lowest BCUT2D eigenvalue weighted by Crippen LogP contribution is -2.31. The number of pyridine rings is 1. The van der Waals surface area contributed by atoms with Crippen molar-refractivity contribution in [3.8, 4) is 0 Å². The number of hydrogen-bond donors (Lipinski definition) is 3. The maximum Gasteiger partial charge on any atom is 0.274 e. The third kappa shape index (κ3) is 7.71. The molecule has 14 heteroatoms. The summed E-state index contributed by atoms with van der Waals surface area (Å²) in [5, 5.41) is 5.43. The number of carbonyl (C=O) groups excluding carboxylic acids is 4. The van der Waals surface area contributed by atoms with Crippen LogP contribution in [0.2, 0.25) is 5.02 Å². The highest BCUT2D eigenvalue weighted by Crippen LogP contribution is 2.39. The molecule has 2 amide bonds. The zero-order chi connectivity index (χ0) is 30.4. The maximum atomic E-state index is 13.7. The van der Waals surface area contributed by atoms with Gasteiger partial charge in [0.2, 0.25) is 5.91 Å². The Kier molecular flexibility index (Phi) is 10.3. The fourth-order valence-electron chi connectivity index (χ4n) is 5.29. The van der Waals surface area contributed by atoms with Crippen molar-refractivity contribution in [3.63, 3.8) is 0 Å². The quantitative estimate of drug-likeness (QED) is 0.114. The largest absolute Gasteiger partial charge is 0.370 e. The van der Waals surface area contributed by atoms with E-state index in [9.17, 15) is 19.2 Å². The standard InChI is InChI=1S/C28H35ClN8O4S/c1-16(38)9-17-10-22(37(12-17)27(41)20-14-36-13-19(29)6-7-24(36)34-20)26-35-21(15-42-26)23(39)11-18(25(40)32-2)5-3-4-8-33-28(30)31/h6-7,13-15,17-18,22H,3-5,8-12H2,1-2H3,(H,32,40)(H4,30,31,33)/t17-,18-,22+/m1/s1. The van der Waals surface area contributed by atoms with Crippen LogP contribution in [0.1, 0.15) is 77.5 Å². The number of likely N-dealkylation sites (tertiary alicyclic amines) is 1. The average Bonchev–Trinajstić information content (AvgIpc) is 3.68. The first-order chi connectivity index (χ1) is 20.0. The number of halogens is 1. The minimum atomic E-state index is -0.514. The van der Waals surface area contributed by atoms with E-state index in [0.29, 0.717) is 60.9 Å². The summed E-state index contributed by atoms with van der Waals surface area (Å²) in [6.45, 7) is 2.37. The zero-order valence-electron chi connectivity index (χ0n) is 23.6. The first-order valence-electron chi connectivity index (χ1n) is 13.8. The third-order valence-corrected chi connectivity index (χ3v) is 8.43. The highest BCUT2D eigenvalue weighted by Gasteiger charge is 2.39. The molecule has 4 rings (SSSR count). The van der Waals surface area contributed by atoms with Crippen molar-refractivity contribution in [2.24, 2.45) is 28.3 Å². The Hall–Kier alpha value is -3.84. The van der Waals surface area contributed by atoms with Gasteiger partial charge in [0.25, 0.3) is 5.91 Å². The molecule has 224 valence electrons. The van der Waals surface area contributed by atoms with Crippen LogP contribution in [0.5, 0.6) is 0 Å². The van der Waals surface area contributed by atoms with E-state index in [0.717, 1.165) is 0 Å². The molecular weight excluding hydrogens is 580 g/mol. The molecule has 4 heterocycles. The van der Waals surface area contributed by atoms with Gasteiger partial charge in [0, 0.05) is 56.7 Å². The lowest BCUT2D eigenvalue weighted by molar-refractivity contribution is -0.124. The Bertz CT molecular complexity index is 1500. The Labute approximate surface area is 252 Å². The maximum absolute atomic E-state index is 13.7. The number of guanidine groups is 1. The SMILES string of the molecule is CNC(=O)[C@H](CCCCN=C(N)N)CC(=O)c1csc([C@@H]2C[C@@H](CC(C)=O)CN2C(=O)c2cn3cc(Cl)ccc3n2)n1. The zero-order valence-corrected chi connectivity index (χ0v) is 25.2. The van der Waals surface area contributed by atoms with E-state index < -0.39 is 12.0 Å². The number of Topliss-reactive ketones (excluding diaryl/α,β-unsaturated/α-hetero) is 2. The minimum Gasteiger partial charge on any atom is -0.370 e. The molecule has 3 aromatic heterocycles. The molecule has 0 spiro atoms. The summed E-state index contributed by atoms with van der Waals surface area (Å²) >= 11 is 7.39. The average molecular weight is 615 g/mol. The van der Waals surface area contributed by atoms with E-state index in [1.165, 1.54) is 18.3 Å². The molecule has 0 bridgehead atoms. The molecule has 5 N–H and O–H groups in total. The number of hydrogen-bond acceptors (Lipinski definition) is 8. The van der Waals surface area contributed by atoms with Gasteiger partial charge in [-0.1, -0.05) is 18.0 Å². The minimum absolute atomic E-state index is 0.00915. The van der Waals surface area contributed by atoms with Crippen molar-refractivity contribution in [1.82, 2.24) is 24.6 Å². The third-order valence-electron chi connectivity index (χ3n) is 7.26. The number of unbranched alkanes of at least 4 members (excludes halogenated alkanes) is 1. The molecule has 1 aliphatic rings. The van der Waals surface area contributed by atoms with E-state index in [-0.39, 0.29) is 53.1 Å². The van der Waals surface area contributed by atoms with Gasteiger partial charge in [-0.3, -0.25) is 19.4 Å². The van der Waals surface area contributed by atoms with Crippen molar-refractivity contribution in [1.29, 1.82) is 0 Å². The van der Waals surface area contributed by atoms with Gasteiger partial charge >= 0.3 is 0 Å². The normalized spacial score (nSPS) is 17.3. The van der Waals surface area contributed by atoms with Crippen LogP contribution < -0.4 is 16.8 Å². The molecule has 42 heavy (non-hydrogen) atoms. The van der Waals surface area contributed by atoms with Crippen LogP contribution >= 0.6 is 22.9 Å². The topological polar surface area (TPSA) is 178 Å². The van der Waals surface area contributed by atoms with Gasteiger partial charge in [0.1, 0.15) is 27.8 Å². The lowest BCUT2D eigenvalue weighted by atomic mass is 9.94. The molecule has 0 unspecified atom stereocenters. The number of rotatable bonds is 13. The van der Waals surface area contributed by atoms with E-state index in [1.54, 1.807) is 46.3 Å². The predicted octanol–water partition coefficient (Wildman–Crippen LogP) is 3.01. The van der Waals surface area contributed by atoms with Crippen LogP contribution in [0.15, 0.2) is 34.9 Å². The number of aliphatic imine (C=N–C) groups is 1. The summed E-state index contributed by atoms with van der Waals surface area (Å²) in [4.78, 5) is 66.0. The second-order valence-corrected chi connectivity index (χ2v) is 11.9. The number of ketones is 2. The van der Waals surface area contributed by atoms with Gasteiger partial charge in [0.15, 0.2) is 11.7 Å². The van der Waals surface area contributed by atoms with Crippen LogP contribution in [0, 0.1) is 11.8 Å². The van der Waals surface area contributed by atoms with E-state index >= 15 is 0 Å². The number of imidazole rings is 1. The summed E-state index contributed by atoms with van der Waals surface area (Å²) in [5.41, 5.74) is 11.8. The summed E-state index contributed by atoms with van der Waals surface area (Å²) in [7, 11) is 1.54. The van der Waals surface area contributed by atoms with E-state index in [4.69, 9.17) is 23.1 Å². The number of thiazole rings is 1. The number of fused-ring (bicyclic) bond motifs is 1. The molecule has 0 aromatic carbocycles. The lowest BCUT2D eigenvalue weighted by Gasteiger charge is -2.22. The smallest absolute Gasteiger partial charge is 0.274 e. The number of amides is 2. The molecule has 0 aliphatic carbocycles. The predicted molar refractivity (Wildman–Crippen MR) is 161 cm³/mol. The van der Waals surface area contributed by atoms with Crippen LogP contribution in [-0.4, -0.2) is 68.7 Å². The first-order valence-corrected chi connectivity index (χ1v) is 15.0. The number of nitrogens with one attached hydrogen (secondary N) is 1. The Morgan fingerprint density at radius 3 is 2.67 bits per heavy atom. The highest BCUT2D eigenvalue weighted by atomic mass is 35.5. The first kappa shape index (κ1) is 31.1. The molecule has 1 fully saturated rings. The second kappa shape index (κ2) is 13.9. The Balaban J connectivity index is 1.50. The molecule has 1 aliphatic heterocycles. The Morgan fingerprint density at radius 2 is 1.95 bits per heavy atom. The second-order valence-electron chi connectivity index (χ2n) is 10.5. The molecule has 3 atom stereocenters. The summed E-state index contributed by atoms with van der Waals surface area (Å²) in [6.07, 6.45) is 6.07. The summed E-state index contributed by atoms with van der Waals surface area (Å²) in [5.74, 6) is -1.23. The number of carbonyl (C=O) groups is 4. The van der Waals surface area contributed by atoms with Crippen molar-refractivity contribution < 1.29 is 19.2 Å². The van der Waals surface area contributed by atoms with Crippen molar-refractivity contribution in [2.45, 2.75) is 51.5 Å². The van der Waals surface area contributed by atoms with Gasteiger partial charge < -0.3 is 30.9 Å². The Morgan fingerprint density at radius 1 is 1.17 bits per heavy atom. The summed E-state index contributed by atoms with van der Waals surface area (Å²) in [6, 6.07) is 3.02. The van der Waals surface area contributed by atoms with Crippen molar-refractivity contribution in [3.05, 3.63) is 51.3 Å². The van der Waals surface area contributed by atoms with Gasteiger partial charge in [-0.05, 0) is 44.2 Å². The molecule has 3 aromatic rings. The monoisotopic (exact) mass is 614 g/mol. The summed E-state index contributed by atoms with van der Waals surface area (Å²) < 4.78 is 1.69. The van der Waals surface area contributed by atoms with Crippen molar-refractivity contribution in [2.75, 3.05) is 20.1 Å². The number of nitrogens with two attached hydrogens (primary N) is 2. The van der Waals surface area contributed by atoms with Crippen LogP contribution in [0.4, 0.5) is 0 Å². The van der Waals surface area contributed by atoms with Gasteiger partial charge in [0.05, 0.1) is 11.1 Å². The van der Waals surface area contributed by atoms with E-state index in [2.05, 4.69) is 20.3 Å². The highest BCUT2D eigenvalue weighted by molar-refractivity contribution is 7.09. The number of aromatic nitrogens is 3. The van der Waals surface area contributed by atoms with Crippen LogP contribution in [-0.2, 0) is 9.59 Å². The number of nitrogens with zero attached hydrogens (tertiary/aromatic N) is 5. The molecule has 1 saturated heterocycles. The van der Waals surface area contributed by atoms with Crippen LogP contribution in [0.3, 0.4) is 0 Å². The van der Waals surface area contributed by atoms with Gasteiger partial charge in [-0.15, -0.1) is 11.3 Å². The van der Waals surface area contributed by atoms with Crippen molar-refractivity contribution >= 4 is 57.9 Å². The van der Waals surface area contributed by atoms with Gasteiger partial charge in [-0.25, -0.2) is 9.97 Å². The molecular formula is C28H35ClN8O4S. The van der Waals surface area contributed by atoms with E-state index in [1.807, 2.05) is 0 Å². The fraction of sp³-hybridized carbons (Fsp3) is 0.464. The molecule has 0 radical (unpaired) electrons.